The molecule has 1 aromatic rings. The number of rotatable bonds is 3. The molecular weight excluding hydrogens is 234 g/mol. The zero-order chi connectivity index (χ0) is 12.3. The van der Waals surface area contributed by atoms with Crippen LogP contribution in [0.5, 0.6) is 5.75 Å². The Morgan fingerprint density at radius 2 is 2.06 bits per heavy atom. The van der Waals surface area contributed by atoms with E-state index in [4.69, 9.17) is 16.3 Å². The predicted octanol–water partition coefficient (Wildman–Crippen LogP) is 3.34. The van der Waals surface area contributed by atoms with Gasteiger partial charge in [0.1, 0.15) is 5.75 Å². The predicted molar refractivity (Wildman–Crippen MR) is 72.0 cm³/mol. The van der Waals surface area contributed by atoms with Crippen molar-refractivity contribution in [3.05, 3.63) is 28.3 Å². The molecule has 0 radical (unpaired) electrons. The number of benzene rings is 1. The van der Waals surface area contributed by atoms with E-state index in [2.05, 4.69) is 5.32 Å². The van der Waals surface area contributed by atoms with Gasteiger partial charge in [0, 0.05) is 17.5 Å². The van der Waals surface area contributed by atoms with Crippen LogP contribution in [0.3, 0.4) is 0 Å². The lowest BCUT2D eigenvalue weighted by Gasteiger charge is -2.23. The maximum absolute atomic E-state index is 6.13. The first kappa shape index (κ1) is 12.7. The van der Waals surface area contributed by atoms with Crippen molar-refractivity contribution in [3.63, 3.8) is 0 Å². The summed E-state index contributed by atoms with van der Waals surface area (Å²) in [5.74, 6) is 1.58. The summed E-state index contributed by atoms with van der Waals surface area (Å²) >= 11 is 6.13. The van der Waals surface area contributed by atoms with E-state index < -0.39 is 0 Å². The third-order valence-electron chi connectivity index (χ3n) is 3.29. The van der Waals surface area contributed by atoms with Crippen LogP contribution in [0.1, 0.15) is 24.0 Å². The van der Waals surface area contributed by atoms with Gasteiger partial charge >= 0.3 is 0 Å². The normalized spacial score (nSPS) is 20.3. The summed E-state index contributed by atoms with van der Waals surface area (Å²) in [7, 11) is 0. The zero-order valence-corrected chi connectivity index (χ0v) is 11.3. The molecule has 0 aromatic heterocycles. The largest absolute Gasteiger partial charge is 0.493 e. The molecule has 94 valence electrons. The zero-order valence-electron chi connectivity index (χ0n) is 10.6. The lowest BCUT2D eigenvalue weighted by molar-refractivity contribution is 0.218. The Labute approximate surface area is 108 Å². The van der Waals surface area contributed by atoms with Crippen molar-refractivity contribution in [2.75, 3.05) is 19.7 Å². The van der Waals surface area contributed by atoms with E-state index in [0.717, 1.165) is 41.6 Å². The van der Waals surface area contributed by atoms with Gasteiger partial charge in [0.2, 0.25) is 0 Å². The summed E-state index contributed by atoms with van der Waals surface area (Å²) in [5, 5.41) is 4.25. The first-order chi connectivity index (χ1) is 8.16. The highest BCUT2D eigenvalue weighted by atomic mass is 35.5. The van der Waals surface area contributed by atoms with Gasteiger partial charge in [0.05, 0.1) is 6.61 Å². The minimum absolute atomic E-state index is 0.639. The second-order valence-corrected chi connectivity index (χ2v) is 5.27. The maximum atomic E-state index is 6.13. The Kier molecular flexibility index (Phi) is 4.30. The highest BCUT2D eigenvalue weighted by molar-refractivity contribution is 6.32. The molecule has 1 heterocycles. The van der Waals surface area contributed by atoms with E-state index >= 15 is 0 Å². The minimum Gasteiger partial charge on any atom is -0.493 e. The molecule has 0 unspecified atom stereocenters. The van der Waals surface area contributed by atoms with Crippen LogP contribution in [0, 0.1) is 19.8 Å². The Morgan fingerprint density at radius 1 is 1.35 bits per heavy atom. The monoisotopic (exact) mass is 253 g/mol. The van der Waals surface area contributed by atoms with Crippen LogP contribution in [-0.4, -0.2) is 19.7 Å². The molecule has 17 heavy (non-hydrogen) atoms. The minimum atomic E-state index is 0.639. The third-order valence-corrected chi connectivity index (χ3v) is 3.89. The summed E-state index contributed by atoms with van der Waals surface area (Å²) in [6.45, 7) is 7.06. The van der Waals surface area contributed by atoms with Crippen LogP contribution in [0.4, 0.5) is 0 Å². The van der Waals surface area contributed by atoms with Crippen molar-refractivity contribution < 1.29 is 4.74 Å². The Hall–Kier alpha value is -0.730. The van der Waals surface area contributed by atoms with Gasteiger partial charge in [0.15, 0.2) is 0 Å². The van der Waals surface area contributed by atoms with Crippen LogP contribution >= 0.6 is 11.6 Å². The average Bonchev–Trinajstić information content (AvgIpc) is 2.34. The number of halogens is 1. The summed E-state index contributed by atoms with van der Waals surface area (Å²) in [5.41, 5.74) is 2.17. The molecule has 1 fully saturated rings. The maximum Gasteiger partial charge on any atom is 0.119 e. The van der Waals surface area contributed by atoms with Crippen LogP contribution < -0.4 is 10.1 Å². The second kappa shape index (κ2) is 5.74. The summed E-state index contributed by atoms with van der Waals surface area (Å²) < 4.78 is 5.86. The molecule has 2 rings (SSSR count). The highest BCUT2D eigenvalue weighted by Gasteiger charge is 2.13. The molecule has 0 saturated carbocycles. The molecule has 1 aliphatic heterocycles. The Bertz CT molecular complexity index is 363. The average molecular weight is 254 g/mol. The third kappa shape index (κ3) is 3.36. The molecule has 0 amide bonds. The van der Waals surface area contributed by atoms with E-state index in [1.165, 1.54) is 12.8 Å². The SMILES string of the molecule is Cc1cc(OC[C@H]2CCCNC2)cc(C)c1Cl. The van der Waals surface area contributed by atoms with Gasteiger partial charge in [-0.05, 0) is 56.5 Å². The molecule has 1 saturated heterocycles. The Morgan fingerprint density at radius 3 is 2.65 bits per heavy atom. The molecule has 0 aliphatic carbocycles. The molecule has 2 nitrogen and oxygen atoms in total. The smallest absolute Gasteiger partial charge is 0.119 e. The fourth-order valence-electron chi connectivity index (χ4n) is 2.27. The van der Waals surface area contributed by atoms with Crippen molar-refractivity contribution in [2.24, 2.45) is 5.92 Å². The fourth-order valence-corrected chi connectivity index (χ4v) is 2.38. The van der Waals surface area contributed by atoms with E-state index in [0.29, 0.717) is 5.92 Å². The number of nitrogens with one attached hydrogen (secondary N) is 1. The summed E-state index contributed by atoms with van der Waals surface area (Å²) in [6.07, 6.45) is 2.52. The standard InChI is InChI=1S/C14H20ClNO/c1-10-6-13(7-11(2)14(10)15)17-9-12-4-3-5-16-8-12/h6-7,12,16H,3-5,8-9H2,1-2H3/t12-/m0/s1. The quantitative estimate of drug-likeness (QED) is 0.892. The lowest BCUT2D eigenvalue weighted by Crippen LogP contribution is -2.33. The van der Waals surface area contributed by atoms with Gasteiger partial charge in [-0.1, -0.05) is 11.6 Å². The van der Waals surface area contributed by atoms with Crippen LogP contribution in [0.2, 0.25) is 5.02 Å². The van der Waals surface area contributed by atoms with Gasteiger partial charge in [-0.15, -0.1) is 0 Å². The molecule has 0 bridgehead atoms. The van der Waals surface area contributed by atoms with Gasteiger partial charge in [-0.25, -0.2) is 0 Å². The van der Waals surface area contributed by atoms with Crippen LogP contribution in [-0.2, 0) is 0 Å². The first-order valence-electron chi connectivity index (χ1n) is 6.27. The van der Waals surface area contributed by atoms with Crippen LogP contribution in [0.25, 0.3) is 0 Å². The van der Waals surface area contributed by atoms with E-state index in [1.54, 1.807) is 0 Å². The van der Waals surface area contributed by atoms with Crippen molar-refractivity contribution in [1.29, 1.82) is 0 Å². The second-order valence-electron chi connectivity index (χ2n) is 4.89. The molecule has 3 heteroatoms. The van der Waals surface area contributed by atoms with E-state index in [9.17, 15) is 0 Å². The van der Waals surface area contributed by atoms with Gasteiger partial charge in [-0.2, -0.15) is 0 Å². The number of hydrogen-bond acceptors (Lipinski definition) is 2. The van der Waals surface area contributed by atoms with Crippen LogP contribution in [0.15, 0.2) is 12.1 Å². The van der Waals surface area contributed by atoms with Crippen molar-refractivity contribution in [3.8, 4) is 5.75 Å². The Balaban J connectivity index is 1.94. The van der Waals surface area contributed by atoms with Gasteiger partial charge in [0.25, 0.3) is 0 Å². The van der Waals surface area contributed by atoms with Crippen molar-refractivity contribution in [2.45, 2.75) is 26.7 Å². The molecular formula is C14H20ClNO. The number of ether oxygens (including phenoxy) is 1. The first-order valence-corrected chi connectivity index (χ1v) is 6.65. The topological polar surface area (TPSA) is 21.3 Å². The summed E-state index contributed by atoms with van der Waals surface area (Å²) in [4.78, 5) is 0. The molecule has 1 aromatic carbocycles. The van der Waals surface area contributed by atoms with Crippen molar-refractivity contribution in [1.82, 2.24) is 5.32 Å². The molecule has 0 spiro atoms. The molecule has 1 atom stereocenters. The van der Waals surface area contributed by atoms with E-state index in [1.807, 2.05) is 26.0 Å². The van der Waals surface area contributed by atoms with Crippen molar-refractivity contribution >= 4 is 11.6 Å². The fraction of sp³-hybridized carbons (Fsp3) is 0.571. The highest BCUT2D eigenvalue weighted by Crippen LogP contribution is 2.26. The number of aryl methyl sites for hydroxylation is 2. The summed E-state index contributed by atoms with van der Waals surface area (Å²) in [6, 6.07) is 4.04. The number of piperidine rings is 1. The molecule has 1 aliphatic rings. The van der Waals surface area contributed by atoms with E-state index in [-0.39, 0.29) is 0 Å². The molecule has 1 N–H and O–H groups in total. The number of hydrogen-bond donors (Lipinski definition) is 1. The van der Waals surface area contributed by atoms with Gasteiger partial charge < -0.3 is 10.1 Å². The van der Waals surface area contributed by atoms with Gasteiger partial charge in [-0.3, -0.25) is 0 Å². The lowest BCUT2D eigenvalue weighted by atomic mass is 10.0.